The van der Waals surface area contributed by atoms with E-state index in [0.29, 0.717) is 0 Å². The zero-order valence-corrected chi connectivity index (χ0v) is 15.3. The Kier molecular flexibility index (Phi) is 6.30. The Morgan fingerprint density at radius 2 is 1.92 bits per heavy atom. The van der Waals surface area contributed by atoms with Crippen molar-refractivity contribution in [3.8, 4) is 0 Å². The normalized spacial score (nSPS) is 12.8. The molecule has 0 radical (unpaired) electrons. The van der Waals surface area contributed by atoms with Gasteiger partial charge in [0.15, 0.2) is 0 Å². The van der Waals surface area contributed by atoms with Crippen molar-refractivity contribution in [2.24, 2.45) is 5.92 Å². The summed E-state index contributed by atoms with van der Waals surface area (Å²) in [6.45, 7) is 6.72. The molecule has 0 heterocycles. The average molecular weight is 357 g/mol. The maximum Gasteiger partial charge on any atom is 0.274 e. The third kappa shape index (κ3) is 4.92. The van der Waals surface area contributed by atoms with Crippen LogP contribution in [0.4, 0.5) is 11.4 Å². The lowest BCUT2D eigenvalue weighted by atomic mass is 10.1. The first-order valence-electron chi connectivity index (χ1n) is 7.46. The maximum absolute atomic E-state index is 12.2. The van der Waals surface area contributed by atoms with Crippen LogP contribution in [0, 0.1) is 23.0 Å². The van der Waals surface area contributed by atoms with Gasteiger partial charge in [0.2, 0.25) is 15.9 Å². The summed E-state index contributed by atoms with van der Waals surface area (Å²) < 4.78 is 25.1. The molecule has 1 amide bonds. The molecule has 0 aliphatic heterocycles. The van der Waals surface area contributed by atoms with E-state index in [1.165, 1.54) is 25.1 Å². The first-order chi connectivity index (χ1) is 10.9. The highest BCUT2D eigenvalue weighted by Crippen LogP contribution is 2.29. The Hall–Kier alpha value is -2.16. The Bertz CT molecular complexity index is 731. The molecule has 1 rings (SSSR count). The fourth-order valence-corrected chi connectivity index (χ4v) is 2.96. The van der Waals surface area contributed by atoms with Crippen molar-refractivity contribution in [3.63, 3.8) is 0 Å². The Balaban J connectivity index is 3.20. The predicted molar refractivity (Wildman–Crippen MR) is 92.5 cm³/mol. The third-order valence-corrected chi connectivity index (χ3v) is 4.94. The molecule has 9 heteroatoms. The van der Waals surface area contributed by atoms with Gasteiger partial charge in [-0.3, -0.25) is 19.2 Å². The molecular weight excluding hydrogens is 334 g/mol. The molecule has 0 fully saturated rings. The van der Waals surface area contributed by atoms with Gasteiger partial charge in [-0.1, -0.05) is 19.9 Å². The summed E-state index contributed by atoms with van der Waals surface area (Å²) in [5.74, 6) is -0.271. The minimum atomic E-state index is -3.78. The van der Waals surface area contributed by atoms with Gasteiger partial charge in [-0.2, -0.15) is 0 Å². The Labute approximate surface area is 142 Å². The van der Waals surface area contributed by atoms with Crippen molar-refractivity contribution in [1.29, 1.82) is 0 Å². The van der Waals surface area contributed by atoms with Crippen molar-refractivity contribution in [2.45, 2.75) is 33.7 Å². The van der Waals surface area contributed by atoms with Crippen LogP contribution in [0.25, 0.3) is 0 Å². The largest absolute Gasteiger partial charge is 0.352 e. The minimum Gasteiger partial charge on any atom is -0.352 e. The van der Waals surface area contributed by atoms with Gasteiger partial charge in [-0.15, -0.1) is 0 Å². The van der Waals surface area contributed by atoms with Crippen LogP contribution in [0.2, 0.25) is 0 Å². The summed E-state index contributed by atoms with van der Waals surface area (Å²) in [6, 6.07) is 4.01. The first-order valence-corrected chi connectivity index (χ1v) is 9.31. The fraction of sp³-hybridized carbons (Fsp3) is 0.533. The van der Waals surface area contributed by atoms with Crippen LogP contribution in [0.5, 0.6) is 0 Å². The maximum atomic E-state index is 12.2. The van der Waals surface area contributed by atoms with Crippen molar-refractivity contribution in [3.05, 3.63) is 33.9 Å². The summed E-state index contributed by atoms with van der Waals surface area (Å²) in [5, 5.41) is 13.8. The van der Waals surface area contributed by atoms with Gasteiger partial charge in [-0.25, -0.2) is 8.42 Å². The van der Waals surface area contributed by atoms with Gasteiger partial charge in [0.25, 0.3) is 5.69 Å². The van der Waals surface area contributed by atoms with Gasteiger partial charge in [0.1, 0.15) is 6.54 Å². The zero-order valence-electron chi connectivity index (χ0n) is 14.4. The van der Waals surface area contributed by atoms with Crippen LogP contribution >= 0.6 is 0 Å². The van der Waals surface area contributed by atoms with Crippen molar-refractivity contribution < 1.29 is 18.1 Å². The number of nitro benzene ring substituents is 1. The molecule has 8 nitrogen and oxygen atoms in total. The van der Waals surface area contributed by atoms with Crippen molar-refractivity contribution in [1.82, 2.24) is 5.32 Å². The Morgan fingerprint density at radius 1 is 1.33 bits per heavy atom. The number of anilines is 1. The monoisotopic (exact) mass is 357 g/mol. The molecule has 0 bridgehead atoms. The topological polar surface area (TPSA) is 110 Å². The highest BCUT2D eigenvalue weighted by atomic mass is 32.2. The molecule has 0 aliphatic carbocycles. The molecule has 24 heavy (non-hydrogen) atoms. The molecule has 1 aromatic rings. The lowest BCUT2D eigenvalue weighted by Crippen LogP contribution is -2.44. The number of hydrogen-bond acceptors (Lipinski definition) is 5. The number of nitro groups is 1. The predicted octanol–water partition coefficient (Wildman–Crippen LogP) is 1.83. The Morgan fingerprint density at radius 3 is 2.38 bits per heavy atom. The van der Waals surface area contributed by atoms with Crippen molar-refractivity contribution >= 4 is 27.3 Å². The van der Waals surface area contributed by atoms with E-state index in [9.17, 15) is 23.3 Å². The molecule has 1 aromatic carbocycles. The van der Waals surface area contributed by atoms with Gasteiger partial charge < -0.3 is 5.32 Å². The quantitative estimate of drug-likeness (QED) is 0.591. The van der Waals surface area contributed by atoms with Gasteiger partial charge in [0, 0.05) is 12.1 Å². The van der Waals surface area contributed by atoms with E-state index >= 15 is 0 Å². The lowest BCUT2D eigenvalue weighted by molar-refractivity contribution is -0.385. The second-order valence-electron chi connectivity index (χ2n) is 6.05. The second-order valence-corrected chi connectivity index (χ2v) is 7.96. The molecule has 0 saturated carbocycles. The molecule has 0 saturated heterocycles. The number of hydrogen-bond donors (Lipinski definition) is 1. The number of carbonyl (C=O) groups excluding carboxylic acids is 1. The SMILES string of the molecule is Cc1c(N(CC(=O)NC(C)C(C)C)S(C)(=O)=O)cccc1[N+](=O)[O-]. The molecule has 1 unspecified atom stereocenters. The van der Waals surface area contributed by atoms with Crippen LogP contribution in [0.3, 0.4) is 0 Å². The van der Waals surface area contributed by atoms with Crippen molar-refractivity contribution in [2.75, 3.05) is 17.1 Å². The summed E-state index contributed by atoms with van der Waals surface area (Å²) in [7, 11) is -3.78. The van der Waals surface area contributed by atoms with Crippen LogP contribution in [-0.4, -0.2) is 38.1 Å². The number of benzene rings is 1. The van der Waals surface area contributed by atoms with E-state index in [-0.39, 0.29) is 28.9 Å². The number of amides is 1. The van der Waals surface area contributed by atoms with Crippen LogP contribution < -0.4 is 9.62 Å². The number of nitrogens with one attached hydrogen (secondary N) is 1. The summed E-state index contributed by atoms with van der Waals surface area (Å²) >= 11 is 0. The molecular formula is C15H23N3O5S. The van der Waals surface area contributed by atoms with E-state index in [2.05, 4.69) is 5.32 Å². The lowest BCUT2D eigenvalue weighted by Gasteiger charge is -2.25. The molecule has 1 N–H and O–H groups in total. The van der Waals surface area contributed by atoms with E-state index in [4.69, 9.17) is 0 Å². The zero-order chi connectivity index (χ0) is 18.7. The number of carbonyl (C=O) groups is 1. The van der Waals surface area contributed by atoms with Crippen LogP contribution in [0.1, 0.15) is 26.3 Å². The van der Waals surface area contributed by atoms with E-state index in [0.717, 1.165) is 10.6 Å². The molecule has 0 aromatic heterocycles. The summed E-state index contributed by atoms with van der Waals surface area (Å²) in [5.41, 5.74) is 0.119. The average Bonchev–Trinajstić information content (AvgIpc) is 2.43. The fourth-order valence-electron chi connectivity index (χ4n) is 2.06. The second kappa shape index (κ2) is 7.61. The number of nitrogens with zero attached hydrogens (tertiary/aromatic N) is 2. The van der Waals surface area contributed by atoms with Gasteiger partial charge >= 0.3 is 0 Å². The standard InChI is InChI=1S/C15H23N3O5S/c1-10(2)12(4)16-15(19)9-17(24(5,22)23)13-7-6-8-14(11(13)3)18(20)21/h6-8,10,12H,9H2,1-5H3,(H,16,19). The number of rotatable bonds is 7. The molecule has 0 aliphatic rings. The number of sulfonamides is 1. The first kappa shape index (κ1) is 19.9. The molecule has 0 spiro atoms. The van der Waals surface area contributed by atoms with E-state index in [1.807, 2.05) is 20.8 Å². The molecule has 134 valence electrons. The highest BCUT2D eigenvalue weighted by Gasteiger charge is 2.26. The van der Waals surface area contributed by atoms with Crippen LogP contribution in [0.15, 0.2) is 18.2 Å². The third-order valence-electron chi connectivity index (χ3n) is 3.82. The van der Waals surface area contributed by atoms with E-state index < -0.39 is 27.4 Å². The summed E-state index contributed by atoms with van der Waals surface area (Å²) in [4.78, 5) is 22.6. The minimum absolute atomic E-state index is 0.120. The van der Waals surface area contributed by atoms with Crippen LogP contribution in [-0.2, 0) is 14.8 Å². The van der Waals surface area contributed by atoms with Gasteiger partial charge in [0.05, 0.1) is 22.4 Å². The van der Waals surface area contributed by atoms with E-state index in [1.54, 1.807) is 0 Å². The molecule has 1 atom stereocenters. The van der Waals surface area contributed by atoms with Gasteiger partial charge in [-0.05, 0) is 25.8 Å². The smallest absolute Gasteiger partial charge is 0.274 e. The summed E-state index contributed by atoms with van der Waals surface area (Å²) in [6.07, 6.45) is 0.963. The highest BCUT2D eigenvalue weighted by molar-refractivity contribution is 7.92.